The van der Waals surface area contributed by atoms with Crippen molar-refractivity contribution in [2.75, 3.05) is 5.32 Å². The number of aromatic hydroxyl groups is 1. The van der Waals surface area contributed by atoms with Gasteiger partial charge in [-0.2, -0.15) is 0 Å². The van der Waals surface area contributed by atoms with Gasteiger partial charge in [0, 0.05) is 5.69 Å². The number of phenols is 1. The number of carbonyl (C=O) groups is 1. The molecular weight excluding hydrogens is 304 g/mol. The second kappa shape index (κ2) is 6.29. The summed E-state index contributed by atoms with van der Waals surface area (Å²) in [5.41, 5.74) is 12.0. The SMILES string of the molecule is NC(N)=Nc1ccc(NC(=O)c2cc3ccccc3cc2O)cc1. The minimum Gasteiger partial charge on any atom is -0.507 e. The zero-order valence-corrected chi connectivity index (χ0v) is 12.7. The van der Waals surface area contributed by atoms with Crippen molar-refractivity contribution in [2.45, 2.75) is 0 Å². The van der Waals surface area contributed by atoms with Gasteiger partial charge in [-0.05, 0) is 47.2 Å². The molecule has 0 aliphatic carbocycles. The lowest BCUT2D eigenvalue weighted by Crippen LogP contribution is -2.21. The van der Waals surface area contributed by atoms with Crippen LogP contribution in [0.25, 0.3) is 10.8 Å². The van der Waals surface area contributed by atoms with Crippen LogP contribution in [0, 0.1) is 0 Å². The Hall–Kier alpha value is -3.54. The summed E-state index contributed by atoms with van der Waals surface area (Å²) >= 11 is 0. The van der Waals surface area contributed by atoms with Gasteiger partial charge >= 0.3 is 0 Å². The Labute approximate surface area is 138 Å². The maximum Gasteiger partial charge on any atom is 0.259 e. The molecule has 3 rings (SSSR count). The molecule has 6 N–H and O–H groups in total. The molecule has 6 heteroatoms. The predicted octanol–water partition coefficient (Wildman–Crippen LogP) is 2.70. The summed E-state index contributed by atoms with van der Waals surface area (Å²) in [4.78, 5) is 16.3. The van der Waals surface area contributed by atoms with Crippen molar-refractivity contribution in [3.63, 3.8) is 0 Å². The predicted molar refractivity (Wildman–Crippen MR) is 95.5 cm³/mol. The van der Waals surface area contributed by atoms with E-state index in [4.69, 9.17) is 11.5 Å². The normalized spacial score (nSPS) is 10.3. The van der Waals surface area contributed by atoms with Crippen molar-refractivity contribution in [2.24, 2.45) is 16.5 Å². The average molecular weight is 320 g/mol. The van der Waals surface area contributed by atoms with Gasteiger partial charge in [0.15, 0.2) is 5.96 Å². The Kier molecular flexibility index (Phi) is 4.03. The number of hydrogen-bond acceptors (Lipinski definition) is 3. The number of benzene rings is 3. The third kappa shape index (κ3) is 3.27. The van der Waals surface area contributed by atoms with Crippen LogP contribution in [0.3, 0.4) is 0 Å². The third-order valence-corrected chi connectivity index (χ3v) is 3.49. The third-order valence-electron chi connectivity index (χ3n) is 3.49. The summed E-state index contributed by atoms with van der Waals surface area (Å²) in [7, 11) is 0. The molecular formula is C18H16N4O2. The van der Waals surface area contributed by atoms with Gasteiger partial charge in [-0.15, -0.1) is 0 Å². The lowest BCUT2D eigenvalue weighted by molar-refractivity contribution is 0.102. The van der Waals surface area contributed by atoms with Gasteiger partial charge < -0.3 is 21.9 Å². The average Bonchev–Trinajstić information content (AvgIpc) is 2.55. The van der Waals surface area contributed by atoms with E-state index in [1.165, 1.54) is 0 Å². The van der Waals surface area contributed by atoms with E-state index in [0.717, 1.165) is 10.8 Å². The number of fused-ring (bicyclic) bond motifs is 1. The molecule has 0 spiro atoms. The molecule has 0 radical (unpaired) electrons. The summed E-state index contributed by atoms with van der Waals surface area (Å²) in [6, 6.07) is 17.5. The molecule has 6 nitrogen and oxygen atoms in total. The first-order valence-corrected chi connectivity index (χ1v) is 7.26. The Balaban J connectivity index is 1.84. The number of anilines is 1. The van der Waals surface area contributed by atoms with Crippen LogP contribution in [0.4, 0.5) is 11.4 Å². The van der Waals surface area contributed by atoms with Crippen LogP contribution in [0.2, 0.25) is 0 Å². The fourth-order valence-corrected chi connectivity index (χ4v) is 2.38. The Morgan fingerprint density at radius 2 is 1.58 bits per heavy atom. The second-order valence-corrected chi connectivity index (χ2v) is 5.25. The number of phenolic OH excluding ortho intramolecular Hbond substituents is 1. The molecule has 0 aromatic heterocycles. The fourth-order valence-electron chi connectivity index (χ4n) is 2.38. The Morgan fingerprint density at radius 1 is 0.958 bits per heavy atom. The summed E-state index contributed by atoms with van der Waals surface area (Å²) in [6.07, 6.45) is 0. The van der Waals surface area contributed by atoms with Crippen molar-refractivity contribution in [1.29, 1.82) is 0 Å². The van der Waals surface area contributed by atoms with Crippen LogP contribution in [-0.2, 0) is 0 Å². The topological polar surface area (TPSA) is 114 Å². The van der Waals surface area contributed by atoms with Gasteiger partial charge in [0.1, 0.15) is 5.75 Å². The minimum atomic E-state index is -0.396. The quantitative estimate of drug-likeness (QED) is 0.439. The molecule has 0 aliphatic rings. The van der Waals surface area contributed by atoms with E-state index in [1.54, 1.807) is 36.4 Å². The molecule has 0 unspecified atom stereocenters. The largest absolute Gasteiger partial charge is 0.507 e. The molecule has 0 bridgehead atoms. The van der Waals surface area contributed by atoms with E-state index in [2.05, 4.69) is 10.3 Å². The standard InChI is InChI=1S/C18H16N4O2/c19-18(20)22-14-7-5-13(6-8-14)21-17(24)15-9-11-3-1-2-4-12(11)10-16(15)23/h1-10,23H,(H,21,24)(H4,19,20,22). The van der Waals surface area contributed by atoms with Gasteiger partial charge in [-0.1, -0.05) is 24.3 Å². The van der Waals surface area contributed by atoms with E-state index >= 15 is 0 Å². The number of guanidine groups is 1. The van der Waals surface area contributed by atoms with Crippen LogP contribution < -0.4 is 16.8 Å². The van der Waals surface area contributed by atoms with E-state index in [-0.39, 0.29) is 17.3 Å². The number of hydrogen-bond donors (Lipinski definition) is 4. The van der Waals surface area contributed by atoms with Gasteiger partial charge in [-0.3, -0.25) is 4.79 Å². The molecule has 24 heavy (non-hydrogen) atoms. The van der Waals surface area contributed by atoms with E-state index in [9.17, 15) is 9.90 Å². The van der Waals surface area contributed by atoms with Crippen LogP contribution in [0.5, 0.6) is 5.75 Å². The summed E-state index contributed by atoms with van der Waals surface area (Å²) < 4.78 is 0. The minimum absolute atomic E-state index is 0.0344. The Morgan fingerprint density at radius 3 is 2.21 bits per heavy atom. The molecule has 120 valence electrons. The van der Waals surface area contributed by atoms with Crippen LogP contribution in [0.1, 0.15) is 10.4 Å². The highest BCUT2D eigenvalue weighted by Gasteiger charge is 2.12. The summed E-state index contributed by atoms with van der Waals surface area (Å²) in [6.45, 7) is 0. The molecule has 3 aromatic carbocycles. The second-order valence-electron chi connectivity index (χ2n) is 5.25. The molecule has 3 aromatic rings. The number of nitrogens with zero attached hydrogens (tertiary/aromatic N) is 1. The van der Waals surface area contributed by atoms with Crippen molar-refractivity contribution < 1.29 is 9.90 Å². The Bertz CT molecular complexity index is 929. The first-order chi connectivity index (χ1) is 11.5. The van der Waals surface area contributed by atoms with Crippen LogP contribution >= 0.6 is 0 Å². The maximum atomic E-state index is 12.4. The van der Waals surface area contributed by atoms with E-state index in [1.807, 2.05) is 24.3 Å². The molecule has 0 fully saturated rings. The summed E-state index contributed by atoms with van der Waals surface area (Å²) in [5, 5.41) is 14.6. The van der Waals surface area contributed by atoms with Gasteiger partial charge in [0.2, 0.25) is 0 Å². The van der Waals surface area contributed by atoms with Crippen molar-refractivity contribution >= 4 is 34.0 Å². The van der Waals surface area contributed by atoms with Gasteiger partial charge in [0.05, 0.1) is 11.3 Å². The fraction of sp³-hybridized carbons (Fsp3) is 0. The first-order valence-electron chi connectivity index (χ1n) is 7.26. The van der Waals surface area contributed by atoms with Crippen molar-refractivity contribution in [3.8, 4) is 5.75 Å². The lowest BCUT2D eigenvalue weighted by Gasteiger charge is -2.09. The van der Waals surface area contributed by atoms with Gasteiger partial charge in [0.25, 0.3) is 5.91 Å². The zero-order valence-electron chi connectivity index (χ0n) is 12.7. The zero-order chi connectivity index (χ0) is 17.1. The highest BCUT2D eigenvalue weighted by molar-refractivity contribution is 6.08. The smallest absolute Gasteiger partial charge is 0.259 e. The highest BCUT2D eigenvalue weighted by atomic mass is 16.3. The van der Waals surface area contributed by atoms with Gasteiger partial charge in [-0.25, -0.2) is 4.99 Å². The lowest BCUT2D eigenvalue weighted by atomic mass is 10.1. The van der Waals surface area contributed by atoms with E-state index < -0.39 is 5.91 Å². The molecule has 0 heterocycles. The number of nitrogens with one attached hydrogen (secondary N) is 1. The molecule has 1 amide bonds. The summed E-state index contributed by atoms with van der Waals surface area (Å²) in [5.74, 6) is -0.496. The van der Waals surface area contributed by atoms with Crippen molar-refractivity contribution in [3.05, 3.63) is 66.2 Å². The molecule has 0 atom stereocenters. The first kappa shape index (κ1) is 15.4. The molecule has 0 saturated carbocycles. The number of nitrogens with two attached hydrogens (primary N) is 2. The van der Waals surface area contributed by atoms with Crippen LogP contribution in [-0.4, -0.2) is 17.0 Å². The number of amides is 1. The van der Waals surface area contributed by atoms with Crippen LogP contribution in [0.15, 0.2) is 65.7 Å². The maximum absolute atomic E-state index is 12.4. The molecule has 0 aliphatic heterocycles. The number of rotatable bonds is 3. The number of aliphatic imine (C=N–C) groups is 1. The number of carbonyl (C=O) groups excluding carboxylic acids is 1. The monoisotopic (exact) mass is 320 g/mol. The highest BCUT2D eigenvalue weighted by Crippen LogP contribution is 2.26. The van der Waals surface area contributed by atoms with Crippen molar-refractivity contribution in [1.82, 2.24) is 0 Å². The van der Waals surface area contributed by atoms with E-state index in [0.29, 0.717) is 11.4 Å². The molecule has 0 saturated heterocycles.